The molecule has 0 aliphatic rings. The molecule has 0 aromatic rings. The summed E-state index contributed by atoms with van der Waals surface area (Å²) in [6.45, 7) is 0. The Hall–Kier alpha value is 0.160. The van der Waals surface area contributed by atoms with Crippen molar-refractivity contribution in [3.8, 4) is 0 Å². The van der Waals surface area contributed by atoms with Crippen molar-refractivity contribution in [2.45, 2.75) is 6.42 Å². The van der Waals surface area contributed by atoms with Gasteiger partial charge in [0.05, 0.1) is 12.9 Å². The molecule has 0 aromatic heterocycles. The summed E-state index contributed by atoms with van der Waals surface area (Å²) in [4.78, 5) is 6.09. The van der Waals surface area contributed by atoms with Crippen LogP contribution in [0.3, 0.4) is 0 Å². The maximum atomic E-state index is 10.7. The second kappa shape index (κ2) is 4.90. The molecule has 62 valence electrons. The molecule has 4 nitrogen and oxygen atoms in total. The molecule has 0 spiro atoms. The molecular formula is C4H10ClNO3S. The minimum atomic E-state index is -3.25. The van der Waals surface area contributed by atoms with Crippen molar-refractivity contribution < 1.29 is 13.3 Å². The van der Waals surface area contributed by atoms with E-state index >= 15 is 0 Å². The molecule has 6 heteroatoms. The van der Waals surface area contributed by atoms with E-state index in [1.54, 1.807) is 0 Å². The molecule has 0 saturated heterocycles. The minimum Gasteiger partial charge on any atom is -0.290 e. The molecule has 0 unspecified atom stereocenters. The summed E-state index contributed by atoms with van der Waals surface area (Å²) >= 11 is 5.27. The van der Waals surface area contributed by atoms with Gasteiger partial charge in [-0.05, 0) is 6.42 Å². The fourth-order valence-corrected chi connectivity index (χ4v) is 1.57. The number of rotatable bonds is 5. The van der Waals surface area contributed by atoms with Gasteiger partial charge in [0.15, 0.2) is 0 Å². The van der Waals surface area contributed by atoms with Gasteiger partial charge in [-0.15, -0.1) is 11.6 Å². The lowest BCUT2D eigenvalue weighted by Gasteiger charge is -2.00. The quantitative estimate of drug-likeness (QED) is 0.491. The third-order valence-corrected chi connectivity index (χ3v) is 2.27. The van der Waals surface area contributed by atoms with Gasteiger partial charge in [-0.3, -0.25) is 4.84 Å². The Morgan fingerprint density at radius 2 is 2.20 bits per heavy atom. The molecule has 1 N–H and O–H groups in total. The van der Waals surface area contributed by atoms with Crippen molar-refractivity contribution in [1.29, 1.82) is 0 Å². The fourth-order valence-electron chi connectivity index (χ4n) is 0.413. The first-order valence-electron chi connectivity index (χ1n) is 2.71. The Morgan fingerprint density at radius 3 is 2.60 bits per heavy atom. The van der Waals surface area contributed by atoms with E-state index in [1.165, 1.54) is 7.11 Å². The topological polar surface area (TPSA) is 55.4 Å². The summed E-state index contributed by atoms with van der Waals surface area (Å²) in [5.41, 5.74) is 0. The maximum absolute atomic E-state index is 10.7. The monoisotopic (exact) mass is 187 g/mol. The van der Waals surface area contributed by atoms with Gasteiger partial charge in [-0.2, -0.15) is 0 Å². The van der Waals surface area contributed by atoms with Gasteiger partial charge < -0.3 is 0 Å². The van der Waals surface area contributed by atoms with Crippen LogP contribution in [0.2, 0.25) is 0 Å². The Kier molecular flexibility index (Phi) is 4.98. The first-order chi connectivity index (χ1) is 4.62. The Balaban J connectivity index is 3.65. The number of halogens is 1. The number of hydrogen-bond acceptors (Lipinski definition) is 3. The molecule has 0 atom stereocenters. The smallest absolute Gasteiger partial charge is 0.233 e. The van der Waals surface area contributed by atoms with Crippen LogP contribution in [-0.4, -0.2) is 27.2 Å². The normalized spacial score (nSPS) is 11.8. The molecular weight excluding hydrogens is 178 g/mol. The van der Waals surface area contributed by atoms with E-state index in [-0.39, 0.29) is 5.75 Å². The zero-order valence-electron chi connectivity index (χ0n) is 5.63. The first-order valence-corrected chi connectivity index (χ1v) is 4.89. The van der Waals surface area contributed by atoms with E-state index in [2.05, 4.69) is 4.84 Å². The Morgan fingerprint density at radius 1 is 1.60 bits per heavy atom. The van der Waals surface area contributed by atoms with Crippen molar-refractivity contribution in [2.75, 3.05) is 18.7 Å². The SMILES string of the molecule is CONS(=O)(=O)CCCCl. The molecule has 0 aromatic carbocycles. The third-order valence-electron chi connectivity index (χ3n) is 0.757. The minimum absolute atomic E-state index is 0.00431. The maximum Gasteiger partial charge on any atom is 0.233 e. The summed E-state index contributed by atoms with van der Waals surface area (Å²) in [5.74, 6) is 0.342. The van der Waals surface area contributed by atoms with Crippen LogP contribution in [0.4, 0.5) is 0 Å². The molecule has 0 saturated carbocycles. The van der Waals surface area contributed by atoms with Gasteiger partial charge in [0.2, 0.25) is 10.0 Å². The van der Waals surface area contributed by atoms with Crippen molar-refractivity contribution in [3.63, 3.8) is 0 Å². The number of alkyl halides is 1. The standard InChI is InChI=1S/C4H10ClNO3S/c1-9-6-10(7,8)4-2-3-5/h6H,2-4H2,1H3. The summed E-state index contributed by atoms with van der Waals surface area (Å²) in [6.07, 6.45) is 0.431. The van der Waals surface area contributed by atoms with Crippen LogP contribution in [0.5, 0.6) is 0 Å². The summed E-state index contributed by atoms with van der Waals surface area (Å²) < 4.78 is 21.4. The van der Waals surface area contributed by atoms with Crippen molar-refractivity contribution >= 4 is 21.6 Å². The van der Waals surface area contributed by atoms with Crippen LogP contribution in [-0.2, 0) is 14.9 Å². The zero-order chi connectivity index (χ0) is 8.04. The average molecular weight is 188 g/mol. The molecule has 10 heavy (non-hydrogen) atoms. The largest absolute Gasteiger partial charge is 0.290 e. The first kappa shape index (κ1) is 10.2. The van der Waals surface area contributed by atoms with E-state index < -0.39 is 10.0 Å². The molecule has 0 aliphatic carbocycles. The van der Waals surface area contributed by atoms with Gasteiger partial charge in [-0.25, -0.2) is 8.42 Å². The molecule has 0 aliphatic heterocycles. The van der Waals surface area contributed by atoms with Crippen LogP contribution >= 0.6 is 11.6 Å². The van der Waals surface area contributed by atoms with Gasteiger partial charge in [0.1, 0.15) is 0 Å². The van der Waals surface area contributed by atoms with Crippen LogP contribution < -0.4 is 4.89 Å². The third kappa shape index (κ3) is 4.99. The lowest BCUT2D eigenvalue weighted by Crippen LogP contribution is -2.25. The highest BCUT2D eigenvalue weighted by Crippen LogP contribution is 1.90. The zero-order valence-corrected chi connectivity index (χ0v) is 7.20. The lowest BCUT2D eigenvalue weighted by atomic mass is 10.6. The van der Waals surface area contributed by atoms with Crippen LogP contribution in [0.15, 0.2) is 0 Å². The molecule has 0 rings (SSSR count). The van der Waals surface area contributed by atoms with E-state index in [4.69, 9.17) is 11.6 Å². The lowest BCUT2D eigenvalue weighted by molar-refractivity contribution is 0.153. The number of nitrogens with one attached hydrogen (secondary N) is 1. The molecule has 0 fully saturated rings. The van der Waals surface area contributed by atoms with Crippen molar-refractivity contribution in [2.24, 2.45) is 0 Å². The number of hydrogen-bond donors (Lipinski definition) is 1. The fraction of sp³-hybridized carbons (Fsp3) is 1.00. The van der Waals surface area contributed by atoms with Crippen LogP contribution in [0.1, 0.15) is 6.42 Å². The van der Waals surface area contributed by atoms with Crippen LogP contribution in [0.25, 0.3) is 0 Å². The van der Waals surface area contributed by atoms with Crippen molar-refractivity contribution in [1.82, 2.24) is 4.89 Å². The predicted octanol–water partition coefficient (Wildman–Crippen LogP) is 0.0961. The van der Waals surface area contributed by atoms with E-state index in [1.807, 2.05) is 4.89 Å². The Bertz CT molecular complexity index is 167. The molecule has 0 bridgehead atoms. The average Bonchev–Trinajstić information content (AvgIpc) is 1.84. The molecule has 0 heterocycles. The van der Waals surface area contributed by atoms with E-state index in [9.17, 15) is 8.42 Å². The van der Waals surface area contributed by atoms with Crippen LogP contribution in [0, 0.1) is 0 Å². The Labute approximate surface area is 65.5 Å². The molecule has 0 radical (unpaired) electrons. The predicted molar refractivity (Wildman–Crippen MR) is 39.3 cm³/mol. The highest BCUT2D eigenvalue weighted by Gasteiger charge is 2.06. The summed E-state index contributed by atoms with van der Waals surface area (Å²) in [5, 5.41) is 0. The van der Waals surface area contributed by atoms with Gasteiger partial charge in [0, 0.05) is 5.88 Å². The summed E-state index contributed by atoms with van der Waals surface area (Å²) in [6, 6.07) is 0. The van der Waals surface area contributed by atoms with Gasteiger partial charge in [0.25, 0.3) is 0 Å². The van der Waals surface area contributed by atoms with E-state index in [0.717, 1.165) is 0 Å². The highest BCUT2D eigenvalue weighted by atomic mass is 35.5. The van der Waals surface area contributed by atoms with Gasteiger partial charge >= 0.3 is 0 Å². The second-order valence-electron chi connectivity index (χ2n) is 1.65. The van der Waals surface area contributed by atoms with Gasteiger partial charge in [-0.1, -0.05) is 4.89 Å². The highest BCUT2D eigenvalue weighted by molar-refractivity contribution is 7.89. The second-order valence-corrected chi connectivity index (χ2v) is 3.83. The van der Waals surface area contributed by atoms with Crippen molar-refractivity contribution in [3.05, 3.63) is 0 Å². The summed E-state index contributed by atoms with van der Waals surface area (Å²) in [7, 11) is -2.00. The number of sulfonamides is 1. The van der Waals surface area contributed by atoms with E-state index in [0.29, 0.717) is 12.3 Å². The molecule has 0 amide bonds.